The van der Waals surface area contributed by atoms with Crippen molar-refractivity contribution in [3.8, 4) is 0 Å². The zero-order valence-electron chi connectivity index (χ0n) is 22.5. The molecular weight excluding hydrogens is 461 g/mol. The minimum Gasteiger partial charge on any atom is -0.174 e. The van der Waals surface area contributed by atoms with Crippen molar-refractivity contribution >= 4 is 10.9 Å². The van der Waals surface area contributed by atoms with Crippen molar-refractivity contribution in [2.24, 2.45) is 0 Å². The second kappa shape index (κ2) is 11.2. The summed E-state index contributed by atoms with van der Waals surface area (Å²) in [6.07, 6.45) is 0. The molecule has 0 spiro atoms. The minimum absolute atomic E-state index is 0.120. The van der Waals surface area contributed by atoms with Crippen LogP contribution in [0.25, 0.3) is 0 Å². The number of alkyl halides is 3. The van der Waals surface area contributed by atoms with Crippen molar-refractivity contribution in [2.45, 2.75) is 99.9 Å². The first-order valence-electron chi connectivity index (χ1n) is 12.0. The van der Waals surface area contributed by atoms with Crippen LogP contribution in [-0.2, 0) is 27.1 Å². The monoisotopic (exact) mass is 501 g/mol. The quantitative estimate of drug-likeness (QED) is 0.313. The van der Waals surface area contributed by atoms with Gasteiger partial charge in [0.1, 0.15) is 0 Å². The number of hydrogen-bond donors (Lipinski definition) is 0. The van der Waals surface area contributed by atoms with E-state index >= 15 is 0 Å². The van der Waals surface area contributed by atoms with Crippen LogP contribution in [0.2, 0.25) is 0 Å². The molecule has 0 amide bonds. The maximum absolute atomic E-state index is 9.67. The molecule has 0 saturated carbocycles. The molecule has 0 N–H and O–H groups in total. The van der Waals surface area contributed by atoms with Crippen LogP contribution in [0.3, 0.4) is 0 Å². The van der Waals surface area contributed by atoms with Crippen LogP contribution in [0.15, 0.2) is 87.5 Å². The highest BCUT2D eigenvalue weighted by atomic mass is 32.2. The molecule has 0 aliphatic rings. The summed E-state index contributed by atoms with van der Waals surface area (Å²) in [5.74, 6) is 0. The normalized spacial score (nSPS) is 12.5. The van der Waals surface area contributed by atoms with Crippen LogP contribution >= 0.6 is 0 Å². The molecule has 3 rings (SSSR count). The average Bonchev–Trinajstić information content (AvgIpc) is 2.73. The van der Waals surface area contributed by atoms with Crippen molar-refractivity contribution in [3.63, 3.8) is 0 Å². The lowest BCUT2D eigenvalue weighted by molar-refractivity contribution is 0.00819. The molecule has 0 bridgehead atoms. The molecule has 0 aromatic heterocycles. The Morgan fingerprint density at radius 1 is 0.429 bits per heavy atom. The third-order valence-electron chi connectivity index (χ3n) is 5.87. The van der Waals surface area contributed by atoms with E-state index in [1.54, 1.807) is 0 Å². The Kier molecular flexibility index (Phi) is 9.33. The van der Waals surface area contributed by atoms with Crippen molar-refractivity contribution < 1.29 is 13.2 Å². The third-order valence-corrected chi connectivity index (χ3v) is 8.10. The summed E-state index contributed by atoms with van der Waals surface area (Å²) in [7, 11) is -0.120. The highest BCUT2D eigenvalue weighted by Crippen LogP contribution is 2.35. The molecule has 190 valence electrons. The van der Waals surface area contributed by atoms with E-state index in [9.17, 15) is 13.2 Å². The first-order chi connectivity index (χ1) is 16.0. The zero-order valence-corrected chi connectivity index (χ0v) is 23.4. The standard InChI is InChI=1S/C30H39S.CHF3/c1-28(2,3)22-10-16-25(17-11-22)31(26-18-12-23(13-19-26)29(4,5)6)27-20-14-24(15-21-27)30(7,8)9;2-1(3)4/h10-21H,1-9H3;1H/q+1;. The fraction of sp³-hybridized carbons (Fsp3) is 0.419. The number of hydrogen-bond acceptors (Lipinski definition) is 0. The van der Waals surface area contributed by atoms with E-state index in [-0.39, 0.29) is 27.1 Å². The van der Waals surface area contributed by atoms with E-state index in [2.05, 4.69) is 135 Å². The average molecular weight is 502 g/mol. The predicted molar refractivity (Wildman–Crippen MR) is 145 cm³/mol. The Labute approximate surface area is 213 Å². The lowest BCUT2D eigenvalue weighted by Crippen LogP contribution is -2.13. The van der Waals surface area contributed by atoms with Gasteiger partial charge in [0, 0.05) is 0 Å². The molecule has 3 aromatic rings. The number of halogens is 3. The van der Waals surface area contributed by atoms with E-state index in [1.165, 1.54) is 31.4 Å². The van der Waals surface area contributed by atoms with Crippen LogP contribution < -0.4 is 0 Å². The minimum atomic E-state index is -3.67. The molecule has 0 heterocycles. The van der Waals surface area contributed by atoms with Gasteiger partial charge in [0.15, 0.2) is 14.7 Å². The number of rotatable bonds is 3. The van der Waals surface area contributed by atoms with E-state index < -0.39 is 6.68 Å². The molecule has 0 unspecified atom stereocenters. The van der Waals surface area contributed by atoms with Gasteiger partial charge in [-0.2, -0.15) is 13.2 Å². The zero-order chi connectivity index (χ0) is 26.6. The van der Waals surface area contributed by atoms with Crippen LogP contribution in [-0.4, -0.2) is 6.68 Å². The summed E-state index contributed by atoms with van der Waals surface area (Å²) in [5, 5.41) is 0. The number of benzene rings is 3. The van der Waals surface area contributed by atoms with Gasteiger partial charge in [0.25, 0.3) is 0 Å². The molecule has 0 aliphatic carbocycles. The third kappa shape index (κ3) is 8.45. The van der Waals surface area contributed by atoms with E-state index in [1.807, 2.05) is 0 Å². The highest BCUT2D eigenvalue weighted by molar-refractivity contribution is 7.97. The first kappa shape index (κ1) is 29.0. The summed E-state index contributed by atoms with van der Waals surface area (Å²) < 4.78 is 29.0. The molecule has 0 nitrogen and oxygen atoms in total. The largest absolute Gasteiger partial charge is 0.379 e. The molecular formula is C31H40F3S+. The van der Waals surface area contributed by atoms with Crippen molar-refractivity contribution in [1.29, 1.82) is 0 Å². The van der Waals surface area contributed by atoms with Gasteiger partial charge >= 0.3 is 6.68 Å². The van der Waals surface area contributed by atoms with E-state index in [0.29, 0.717) is 0 Å². The second-order valence-corrected chi connectivity index (χ2v) is 13.9. The Morgan fingerprint density at radius 3 is 0.743 bits per heavy atom. The first-order valence-corrected chi connectivity index (χ1v) is 13.2. The summed E-state index contributed by atoms with van der Waals surface area (Å²) >= 11 is 0. The Hall–Kier alpha value is -2.20. The van der Waals surface area contributed by atoms with Crippen LogP contribution in [0.4, 0.5) is 13.2 Å². The van der Waals surface area contributed by atoms with E-state index in [4.69, 9.17) is 0 Å². The molecule has 3 aromatic carbocycles. The highest BCUT2D eigenvalue weighted by Gasteiger charge is 2.30. The SMILES string of the molecule is CC(C)(C)c1ccc([S+](c2ccc(C(C)(C)C)cc2)c2ccc(C(C)(C)C)cc2)cc1.FC(F)F. The Balaban J connectivity index is 0.00000100. The smallest absolute Gasteiger partial charge is 0.174 e. The lowest BCUT2D eigenvalue weighted by atomic mass is 9.87. The Morgan fingerprint density at radius 2 is 0.600 bits per heavy atom. The second-order valence-electron chi connectivity index (χ2n) is 11.9. The van der Waals surface area contributed by atoms with Gasteiger partial charge in [-0.15, -0.1) is 0 Å². The predicted octanol–water partition coefficient (Wildman–Crippen LogP) is 9.85. The maximum atomic E-state index is 9.67. The van der Waals surface area contributed by atoms with Gasteiger partial charge in [-0.25, -0.2) is 0 Å². The van der Waals surface area contributed by atoms with Crippen LogP contribution in [0, 0.1) is 0 Å². The van der Waals surface area contributed by atoms with Gasteiger partial charge in [0.2, 0.25) is 0 Å². The summed E-state index contributed by atoms with van der Waals surface area (Å²) in [4.78, 5) is 4.13. The molecule has 0 saturated heterocycles. The molecule has 0 atom stereocenters. The topological polar surface area (TPSA) is 0 Å². The van der Waals surface area contributed by atoms with Gasteiger partial charge < -0.3 is 0 Å². The van der Waals surface area contributed by atoms with Crippen LogP contribution in [0.1, 0.15) is 79.0 Å². The molecule has 0 radical (unpaired) electrons. The van der Waals surface area contributed by atoms with Crippen molar-refractivity contribution in [2.75, 3.05) is 0 Å². The van der Waals surface area contributed by atoms with Crippen LogP contribution in [0.5, 0.6) is 0 Å². The lowest BCUT2D eigenvalue weighted by Gasteiger charge is -2.21. The summed E-state index contributed by atoms with van der Waals surface area (Å²) in [6.45, 7) is 16.8. The van der Waals surface area contributed by atoms with Gasteiger partial charge in [-0.1, -0.05) is 98.7 Å². The van der Waals surface area contributed by atoms with Gasteiger partial charge in [-0.3, -0.25) is 0 Å². The molecule has 4 heteroatoms. The fourth-order valence-electron chi connectivity index (χ4n) is 3.68. The van der Waals surface area contributed by atoms with Crippen molar-refractivity contribution in [3.05, 3.63) is 89.5 Å². The molecule has 35 heavy (non-hydrogen) atoms. The van der Waals surface area contributed by atoms with Gasteiger partial charge in [-0.05, 0) is 69.3 Å². The molecule has 0 fully saturated rings. The Bertz CT molecular complexity index is 908. The summed E-state index contributed by atoms with van der Waals surface area (Å²) in [6, 6.07) is 27.8. The molecule has 0 aliphatic heterocycles. The fourth-order valence-corrected chi connectivity index (χ4v) is 5.72. The maximum Gasteiger partial charge on any atom is 0.379 e. The van der Waals surface area contributed by atoms with E-state index in [0.717, 1.165) is 0 Å². The van der Waals surface area contributed by atoms with Crippen molar-refractivity contribution in [1.82, 2.24) is 0 Å². The summed E-state index contributed by atoms with van der Waals surface area (Å²) in [5.41, 5.74) is 4.64. The van der Waals surface area contributed by atoms with Gasteiger partial charge in [0.05, 0.1) is 10.9 Å².